The highest BCUT2D eigenvalue weighted by Crippen LogP contribution is 2.33. The van der Waals surface area contributed by atoms with E-state index in [4.69, 9.17) is 0 Å². The maximum atomic E-state index is 12.2. The van der Waals surface area contributed by atoms with Crippen LogP contribution in [0.25, 0.3) is 6.08 Å². The molecular formula is C13H16N2O2S. The minimum absolute atomic E-state index is 0.0446. The van der Waals surface area contributed by atoms with Crippen molar-refractivity contribution >= 4 is 29.0 Å². The third-order valence-corrected chi connectivity index (χ3v) is 4.00. The van der Waals surface area contributed by atoms with Crippen LogP contribution < -0.4 is 0 Å². The average Bonchev–Trinajstić information content (AvgIpc) is 2.85. The Morgan fingerprint density at radius 3 is 2.72 bits per heavy atom. The molecule has 0 bridgehead atoms. The van der Waals surface area contributed by atoms with E-state index in [1.807, 2.05) is 43.8 Å². The van der Waals surface area contributed by atoms with Crippen molar-refractivity contribution in [1.82, 2.24) is 9.47 Å². The van der Waals surface area contributed by atoms with Crippen LogP contribution in [0.3, 0.4) is 0 Å². The number of hydrogen-bond donors (Lipinski definition) is 0. The minimum Gasteiger partial charge on any atom is -0.351 e. The van der Waals surface area contributed by atoms with Gasteiger partial charge in [0, 0.05) is 25.0 Å². The average molecular weight is 264 g/mol. The molecule has 1 saturated heterocycles. The second-order valence-electron chi connectivity index (χ2n) is 4.35. The van der Waals surface area contributed by atoms with Crippen molar-refractivity contribution in [2.45, 2.75) is 26.3 Å². The molecule has 1 fully saturated rings. The van der Waals surface area contributed by atoms with Crippen molar-refractivity contribution in [2.24, 2.45) is 7.05 Å². The van der Waals surface area contributed by atoms with Crippen molar-refractivity contribution in [3.05, 3.63) is 28.9 Å². The summed E-state index contributed by atoms with van der Waals surface area (Å²) < 4.78 is 1.91. The van der Waals surface area contributed by atoms with E-state index in [1.54, 1.807) is 6.08 Å². The molecule has 2 rings (SSSR count). The zero-order valence-corrected chi connectivity index (χ0v) is 11.5. The van der Waals surface area contributed by atoms with Gasteiger partial charge in [-0.25, -0.2) is 0 Å². The Labute approximate surface area is 111 Å². The van der Waals surface area contributed by atoms with Gasteiger partial charge in [0.15, 0.2) is 0 Å². The van der Waals surface area contributed by atoms with Gasteiger partial charge in [-0.15, -0.1) is 0 Å². The monoisotopic (exact) mass is 264 g/mol. The highest BCUT2D eigenvalue weighted by molar-refractivity contribution is 8.18. The smallest absolute Gasteiger partial charge is 0.293 e. The lowest BCUT2D eigenvalue weighted by Gasteiger charge is -2.19. The quantitative estimate of drug-likeness (QED) is 0.788. The van der Waals surface area contributed by atoms with Crippen LogP contribution in [0.1, 0.15) is 26.0 Å². The van der Waals surface area contributed by atoms with E-state index in [0.717, 1.165) is 23.9 Å². The van der Waals surface area contributed by atoms with E-state index in [1.165, 1.54) is 4.90 Å². The van der Waals surface area contributed by atoms with E-state index >= 15 is 0 Å². The summed E-state index contributed by atoms with van der Waals surface area (Å²) in [6.07, 6.45) is 4.45. The van der Waals surface area contributed by atoms with Crippen molar-refractivity contribution in [3.8, 4) is 0 Å². The third kappa shape index (κ3) is 2.22. The summed E-state index contributed by atoms with van der Waals surface area (Å²) in [6.45, 7) is 3.86. The maximum Gasteiger partial charge on any atom is 0.293 e. The highest BCUT2D eigenvalue weighted by atomic mass is 32.2. The van der Waals surface area contributed by atoms with Gasteiger partial charge in [-0.2, -0.15) is 0 Å². The van der Waals surface area contributed by atoms with Crippen LogP contribution in [0.2, 0.25) is 0 Å². The fraction of sp³-hybridized carbons (Fsp3) is 0.385. The van der Waals surface area contributed by atoms with Crippen LogP contribution in [0, 0.1) is 0 Å². The first-order valence-corrected chi connectivity index (χ1v) is 6.74. The second kappa shape index (κ2) is 5.02. The zero-order valence-electron chi connectivity index (χ0n) is 10.7. The molecule has 1 aromatic heterocycles. The van der Waals surface area contributed by atoms with Gasteiger partial charge in [-0.05, 0) is 43.3 Å². The highest BCUT2D eigenvalue weighted by Gasteiger charge is 2.37. The number of carbonyl (C=O) groups excluding carboxylic acids is 2. The molecule has 1 aliphatic heterocycles. The molecule has 0 spiro atoms. The van der Waals surface area contributed by atoms with Crippen LogP contribution >= 0.6 is 11.8 Å². The van der Waals surface area contributed by atoms with Crippen LogP contribution in [0.4, 0.5) is 4.79 Å². The Balaban J connectivity index is 2.28. The summed E-state index contributed by atoms with van der Waals surface area (Å²) in [6, 6.07) is 3.78. The second-order valence-corrected chi connectivity index (χ2v) is 5.35. The van der Waals surface area contributed by atoms with Crippen molar-refractivity contribution in [1.29, 1.82) is 0 Å². The molecule has 1 aliphatic rings. The summed E-state index contributed by atoms with van der Waals surface area (Å²) in [5.74, 6) is -0.180. The lowest BCUT2D eigenvalue weighted by molar-refractivity contribution is -0.124. The predicted octanol–water partition coefficient (Wildman–Crippen LogP) is 2.86. The molecule has 0 N–H and O–H groups in total. The summed E-state index contributed by atoms with van der Waals surface area (Å²) in [7, 11) is 1.91. The van der Waals surface area contributed by atoms with E-state index in [9.17, 15) is 9.59 Å². The SMILES string of the molecule is CC[C@H](C)N1C(=O)S/C(=C/c2cccn2C)C1=O. The molecule has 0 aromatic carbocycles. The van der Waals surface area contributed by atoms with Gasteiger partial charge in [-0.3, -0.25) is 14.5 Å². The van der Waals surface area contributed by atoms with Crippen LogP contribution in [0.5, 0.6) is 0 Å². The maximum absolute atomic E-state index is 12.2. The number of imide groups is 1. The molecule has 0 radical (unpaired) electrons. The normalized spacial score (nSPS) is 19.9. The predicted molar refractivity (Wildman–Crippen MR) is 73.0 cm³/mol. The Hall–Kier alpha value is -1.49. The van der Waals surface area contributed by atoms with E-state index in [-0.39, 0.29) is 17.2 Å². The number of aromatic nitrogens is 1. The van der Waals surface area contributed by atoms with Gasteiger partial charge in [0.25, 0.3) is 11.1 Å². The Bertz CT molecular complexity index is 519. The fourth-order valence-electron chi connectivity index (χ4n) is 1.80. The molecule has 5 heteroatoms. The summed E-state index contributed by atoms with van der Waals surface area (Å²) in [5, 5.41) is -0.171. The number of nitrogens with zero attached hydrogens (tertiary/aromatic N) is 2. The van der Waals surface area contributed by atoms with Crippen molar-refractivity contribution < 1.29 is 9.59 Å². The molecule has 0 unspecified atom stereocenters. The molecule has 96 valence electrons. The van der Waals surface area contributed by atoms with Crippen LogP contribution in [-0.4, -0.2) is 26.7 Å². The molecule has 18 heavy (non-hydrogen) atoms. The molecule has 0 aliphatic carbocycles. The van der Waals surface area contributed by atoms with Gasteiger partial charge >= 0.3 is 0 Å². The summed E-state index contributed by atoms with van der Waals surface area (Å²) in [5.41, 5.74) is 0.921. The molecule has 2 heterocycles. The van der Waals surface area contributed by atoms with Crippen molar-refractivity contribution in [3.63, 3.8) is 0 Å². The largest absolute Gasteiger partial charge is 0.351 e. The number of hydrogen-bond acceptors (Lipinski definition) is 3. The standard InChI is InChI=1S/C13H16N2O2S/c1-4-9(2)15-12(16)11(18-13(15)17)8-10-6-5-7-14(10)3/h5-9H,4H2,1-3H3/b11-8+/t9-/m0/s1. The molecule has 1 atom stereocenters. The minimum atomic E-state index is -0.180. The van der Waals surface area contributed by atoms with Crippen molar-refractivity contribution in [2.75, 3.05) is 0 Å². The number of amides is 2. The van der Waals surface area contributed by atoms with E-state index < -0.39 is 0 Å². The van der Waals surface area contributed by atoms with Gasteiger partial charge in [0.2, 0.25) is 0 Å². The molecule has 1 aromatic rings. The van der Waals surface area contributed by atoms with E-state index in [2.05, 4.69) is 0 Å². The summed E-state index contributed by atoms with van der Waals surface area (Å²) >= 11 is 1.02. The Morgan fingerprint density at radius 1 is 1.44 bits per heavy atom. The zero-order chi connectivity index (χ0) is 13.3. The molecule has 2 amide bonds. The Morgan fingerprint density at radius 2 is 2.17 bits per heavy atom. The van der Waals surface area contributed by atoms with E-state index in [0.29, 0.717) is 4.91 Å². The molecule has 4 nitrogen and oxygen atoms in total. The lowest BCUT2D eigenvalue weighted by Crippen LogP contribution is -2.36. The summed E-state index contributed by atoms with van der Waals surface area (Å²) in [4.78, 5) is 25.8. The number of rotatable bonds is 3. The molecular weight excluding hydrogens is 248 g/mol. The van der Waals surface area contributed by atoms with Gasteiger partial charge < -0.3 is 4.57 Å². The number of carbonyl (C=O) groups is 2. The topological polar surface area (TPSA) is 42.3 Å². The van der Waals surface area contributed by atoms with Gasteiger partial charge in [-0.1, -0.05) is 6.92 Å². The first-order chi connectivity index (χ1) is 8.54. The fourth-order valence-corrected chi connectivity index (χ4v) is 2.72. The van der Waals surface area contributed by atoms with Gasteiger partial charge in [0.05, 0.1) is 4.91 Å². The molecule has 0 saturated carbocycles. The first-order valence-electron chi connectivity index (χ1n) is 5.93. The number of aryl methyl sites for hydroxylation is 1. The lowest BCUT2D eigenvalue weighted by atomic mass is 10.2. The Kier molecular flexibility index (Phi) is 3.61. The van der Waals surface area contributed by atoms with Crippen LogP contribution in [-0.2, 0) is 11.8 Å². The number of thioether (sulfide) groups is 1. The van der Waals surface area contributed by atoms with Gasteiger partial charge in [0.1, 0.15) is 0 Å². The third-order valence-electron chi connectivity index (χ3n) is 3.12. The first kappa shape index (κ1) is 13.0. The van der Waals surface area contributed by atoms with Crippen LogP contribution in [0.15, 0.2) is 23.2 Å².